The number of carbonyl (C=O) groups excluding carboxylic acids is 2. The summed E-state index contributed by atoms with van der Waals surface area (Å²) < 4.78 is 10.7. The first-order chi connectivity index (χ1) is 12.1. The Balaban J connectivity index is 1.71. The van der Waals surface area contributed by atoms with E-state index in [1.807, 2.05) is 19.9 Å². The number of ether oxygens (including phenoxy) is 1. The molecule has 1 unspecified atom stereocenters. The molecule has 1 aromatic carbocycles. The summed E-state index contributed by atoms with van der Waals surface area (Å²) in [4.78, 5) is 25.0. The van der Waals surface area contributed by atoms with Gasteiger partial charge in [-0.15, -0.1) is 0 Å². The predicted octanol–water partition coefficient (Wildman–Crippen LogP) is 2.65. The largest absolute Gasteiger partial charge is 0.467 e. The van der Waals surface area contributed by atoms with Gasteiger partial charge in [0.1, 0.15) is 5.76 Å². The average Bonchev–Trinajstić information content (AvgIpc) is 3.27. The van der Waals surface area contributed by atoms with Crippen molar-refractivity contribution in [1.29, 1.82) is 0 Å². The van der Waals surface area contributed by atoms with E-state index in [9.17, 15) is 9.59 Å². The van der Waals surface area contributed by atoms with Crippen molar-refractivity contribution < 1.29 is 18.7 Å². The van der Waals surface area contributed by atoms with Gasteiger partial charge in [-0.2, -0.15) is 5.10 Å². The topological polar surface area (TPSA) is 97.2 Å². The third-order valence-corrected chi connectivity index (χ3v) is 3.81. The molecule has 1 atom stereocenters. The van der Waals surface area contributed by atoms with E-state index in [0.29, 0.717) is 16.8 Å². The van der Waals surface area contributed by atoms with Crippen LogP contribution in [-0.4, -0.2) is 28.2 Å². The van der Waals surface area contributed by atoms with E-state index in [-0.39, 0.29) is 18.4 Å². The summed E-state index contributed by atoms with van der Waals surface area (Å²) in [5.74, 6) is -0.482. The smallest absolute Gasteiger partial charge is 0.341 e. The number of aromatic amines is 1. The van der Waals surface area contributed by atoms with Crippen molar-refractivity contribution in [2.45, 2.75) is 26.5 Å². The van der Waals surface area contributed by atoms with Crippen LogP contribution in [0.1, 0.15) is 30.0 Å². The monoisotopic (exact) mass is 341 g/mol. The number of nitrogens with zero attached hydrogens (tertiary/aromatic N) is 1. The number of esters is 1. The lowest BCUT2D eigenvalue weighted by atomic mass is 10.1. The van der Waals surface area contributed by atoms with Crippen LogP contribution in [0.3, 0.4) is 0 Å². The summed E-state index contributed by atoms with van der Waals surface area (Å²) in [6.07, 6.45) is 2.26. The minimum atomic E-state index is -0.902. The maximum absolute atomic E-state index is 12.5. The normalized spacial score (nSPS) is 12.3. The van der Waals surface area contributed by atoms with Gasteiger partial charge in [0.25, 0.3) is 5.91 Å². The first-order valence-corrected chi connectivity index (χ1v) is 7.99. The van der Waals surface area contributed by atoms with Crippen LogP contribution in [0.2, 0.25) is 0 Å². The molecular weight excluding hydrogens is 322 g/mol. The van der Waals surface area contributed by atoms with E-state index in [2.05, 4.69) is 15.5 Å². The number of carbonyl (C=O) groups is 2. The Hall–Kier alpha value is -3.09. The Morgan fingerprint density at radius 1 is 1.28 bits per heavy atom. The molecule has 3 rings (SSSR count). The van der Waals surface area contributed by atoms with Crippen LogP contribution in [0.5, 0.6) is 0 Å². The molecule has 7 nitrogen and oxygen atoms in total. The molecule has 0 radical (unpaired) electrons. The Morgan fingerprint density at radius 3 is 2.84 bits per heavy atom. The minimum absolute atomic E-state index is 0.179. The number of hydrogen-bond donors (Lipinski definition) is 2. The van der Waals surface area contributed by atoms with Crippen LogP contribution in [0.15, 0.2) is 47.2 Å². The third kappa shape index (κ3) is 3.71. The van der Waals surface area contributed by atoms with E-state index < -0.39 is 12.1 Å². The molecule has 0 aliphatic heterocycles. The van der Waals surface area contributed by atoms with E-state index in [0.717, 1.165) is 5.39 Å². The number of hydrogen-bond acceptors (Lipinski definition) is 5. The Kier molecular flexibility index (Phi) is 4.83. The molecular formula is C18H19N3O4. The molecule has 130 valence electrons. The number of benzene rings is 1. The average molecular weight is 341 g/mol. The van der Waals surface area contributed by atoms with Gasteiger partial charge >= 0.3 is 5.97 Å². The second-order valence-corrected chi connectivity index (χ2v) is 6.01. The lowest BCUT2D eigenvalue weighted by Crippen LogP contribution is -2.40. The summed E-state index contributed by atoms with van der Waals surface area (Å²) in [6.45, 7) is 3.88. The SMILES string of the molecule is CC(C)C(OC(=O)c1cccc2cn[nH]c12)C(=O)NCc1ccco1. The van der Waals surface area contributed by atoms with Crippen molar-refractivity contribution in [2.24, 2.45) is 5.92 Å². The summed E-state index contributed by atoms with van der Waals surface area (Å²) in [5.41, 5.74) is 0.936. The molecule has 0 fully saturated rings. The first-order valence-electron chi connectivity index (χ1n) is 7.99. The number of amides is 1. The summed E-state index contributed by atoms with van der Waals surface area (Å²) in [5, 5.41) is 10.2. The first kappa shape index (κ1) is 16.8. The van der Waals surface area contributed by atoms with E-state index >= 15 is 0 Å². The van der Waals surface area contributed by atoms with Crippen LogP contribution in [0.25, 0.3) is 10.9 Å². The molecule has 25 heavy (non-hydrogen) atoms. The summed E-state index contributed by atoms with van der Waals surface area (Å²) in [6, 6.07) is 8.73. The van der Waals surface area contributed by atoms with Gasteiger partial charge in [0.05, 0.1) is 30.1 Å². The highest BCUT2D eigenvalue weighted by Gasteiger charge is 2.27. The van der Waals surface area contributed by atoms with Gasteiger partial charge in [0.2, 0.25) is 0 Å². The van der Waals surface area contributed by atoms with E-state index in [1.54, 1.807) is 30.5 Å². The standard InChI is InChI=1S/C18H19N3O4/c1-11(2)16(17(22)19-10-13-6-4-8-24-13)25-18(23)14-7-3-5-12-9-20-21-15(12)14/h3-9,11,16H,10H2,1-2H3,(H,19,22)(H,20,21). The summed E-state index contributed by atoms with van der Waals surface area (Å²) >= 11 is 0. The Morgan fingerprint density at radius 2 is 2.12 bits per heavy atom. The molecule has 0 aliphatic carbocycles. The fourth-order valence-electron chi connectivity index (χ4n) is 2.50. The maximum atomic E-state index is 12.5. The molecule has 2 N–H and O–H groups in total. The predicted molar refractivity (Wildman–Crippen MR) is 90.7 cm³/mol. The minimum Gasteiger partial charge on any atom is -0.467 e. The Bertz CT molecular complexity index is 867. The fourth-order valence-corrected chi connectivity index (χ4v) is 2.50. The van der Waals surface area contributed by atoms with Gasteiger partial charge in [0, 0.05) is 5.39 Å². The Labute approximate surface area is 144 Å². The van der Waals surface area contributed by atoms with Crippen molar-refractivity contribution in [3.63, 3.8) is 0 Å². The zero-order chi connectivity index (χ0) is 17.8. The molecule has 3 aromatic rings. The quantitative estimate of drug-likeness (QED) is 0.672. The van der Waals surface area contributed by atoms with Gasteiger partial charge in [-0.3, -0.25) is 9.89 Å². The molecule has 1 amide bonds. The van der Waals surface area contributed by atoms with Crippen LogP contribution >= 0.6 is 0 Å². The van der Waals surface area contributed by atoms with Crippen molar-refractivity contribution in [2.75, 3.05) is 0 Å². The van der Waals surface area contributed by atoms with Crippen LogP contribution in [-0.2, 0) is 16.1 Å². The molecule has 0 saturated heterocycles. The zero-order valence-electron chi connectivity index (χ0n) is 14.0. The van der Waals surface area contributed by atoms with Crippen molar-refractivity contribution in [1.82, 2.24) is 15.5 Å². The molecule has 0 bridgehead atoms. The number of nitrogens with one attached hydrogen (secondary N) is 2. The molecule has 0 spiro atoms. The molecule has 0 aliphatic rings. The highest BCUT2D eigenvalue weighted by Crippen LogP contribution is 2.18. The van der Waals surface area contributed by atoms with Crippen LogP contribution in [0.4, 0.5) is 0 Å². The lowest BCUT2D eigenvalue weighted by molar-refractivity contribution is -0.132. The van der Waals surface area contributed by atoms with E-state index in [1.165, 1.54) is 6.26 Å². The van der Waals surface area contributed by atoms with Crippen LogP contribution < -0.4 is 5.32 Å². The van der Waals surface area contributed by atoms with Crippen LogP contribution in [0, 0.1) is 5.92 Å². The molecule has 0 saturated carbocycles. The molecule has 2 heterocycles. The van der Waals surface area contributed by atoms with Gasteiger partial charge in [-0.05, 0) is 24.1 Å². The fraction of sp³-hybridized carbons (Fsp3) is 0.278. The number of furan rings is 1. The third-order valence-electron chi connectivity index (χ3n) is 3.81. The number of aromatic nitrogens is 2. The maximum Gasteiger partial charge on any atom is 0.341 e. The van der Waals surface area contributed by atoms with Gasteiger partial charge in [-0.25, -0.2) is 4.79 Å². The zero-order valence-corrected chi connectivity index (χ0v) is 14.0. The molecule has 7 heteroatoms. The van der Waals surface area contributed by atoms with E-state index in [4.69, 9.17) is 9.15 Å². The highest BCUT2D eigenvalue weighted by atomic mass is 16.5. The lowest BCUT2D eigenvalue weighted by Gasteiger charge is -2.20. The second-order valence-electron chi connectivity index (χ2n) is 6.01. The van der Waals surface area contributed by atoms with Gasteiger partial charge < -0.3 is 14.5 Å². The second kappa shape index (κ2) is 7.21. The summed E-state index contributed by atoms with van der Waals surface area (Å²) in [7, 11) is 0. The highest BCUT2D eigenvalue weighted by molar-refractivity contribution is 6.03. The molecule has 2 aromatic heterocycles. The number of para-hydroxylation sites is 1. The van der Waals surface area contributed by atoms with Gasteiger partial charge in [-0.1, -0.05) is 26.0 Å². The number of H-pyrrole nitrogens is 1. The van der Waals surface area contributed by atoms with Crippen molar-refractivity contribution in [3.8, 4) is 0 Å². The van der Waals surface area contributed by atoms with Crippen molar-refractivity contribution in [3.05, 3.63) is 54.1 Å². The van der Waals surface area contributed by atoms with Gasteiger partial charge in [0.15, 0.2) is 6.10 Å². The number of rotatable bonds is 6. The number of fused-ring (bicyclic) bond motifs is 1. The van der Waals surface area contributed by atoms with Crippen molar-refractivity contribution >= 4 is 22.8 Å².